The zero-order valence-corrected chi connectivity index (χ0v) is 19.9. The summed E-state index contributed by atoms with van der Waals surface area (Å²) in [5.74, 6) is 1.42. The predicted octanol–water partition coefficient (Wildman–Crippen LogP) is 4.21. The summed E-state index contributed by atoms with van der Waals surface area (Å²) < 4.78 is 15.3. The van der Waals surface area contributed by atoms with E-state index in [0.717, 1.165) is 77.9 Å². The first-order valence-corrected chi connectivity index (χ1v) is 12.1. The number of anilines is 1. The van der Waals surface area contributed by atoms with Gasteiger partial charge >= 0.3 is 0 Å². The normalized spacial score (nSPS) is 16.5. The number of nitrogens with zero attached hydrogens (tertiary/aromatic N) is 5. The van der Waals surface area contributed by atoms with E-state index in [1.807, 2.05) is 42.2 Å². The van der Waals surface area contributed by atoms with Crippen LogP contribution in [0.4, 0.5) is 5.82 Å². The van der Waals surface area contributed by atoms with E-state index in [4.69, 9.17) is 14.6 Å². The molecule has 9 nitrogen and oxygen atoms in total. The molecule has 6 rings (SSSR count). The summed E-state index contributed by atoms with van der Waals surface area (Å²) >= 11 is 0. The molecule has 0 spiro atoms. The summed E-state index contributed by atoms with van der Waals surface area (Å²) in [6.07, 6.45) is 9.55. The van der Waals surface area contributed by atoms with Gasteiger partial charge in [0.15, 0.2) is 0 Å². The van der Waals surface area contributed by atoms with E-state index in [2.05, 4.69) is 21.6 Å². The van der Waals surface area contributed by atoms with Gasteiger partial charge in [0.05, 0.1) is 31.1 Å². The van der Waals surface area contributed by atoms with Crippen LogP contribution in [-0.4, -0.2) is 50.8 Å². The molecule has 9 heteroatoms. The molecule has 35 heavy (non-hydrogen) atoms. The minimum atomic E-state index is 0.0309. The lowest BCUT2D eigenvalue weighted by molar-refractivity contribution is -0.117. The summed E-state index contributed by atoms with van der Waals surface area (Å²) in [7, 11) is 3.57. The summed E-state index contributed by atoms with van der Waals surface area (Å²) in [5, 5.41) is 13.3. The molecule has 1 aromatic carbocycles. The van der Waals surface area contributed by atoms with E-state index in [9.17, 15) is 4.79 Å². The molecular weight excluding hydrogens is 444 g/mol. The van der Waals surface area contributed by atoms with E-state index < -0.39 is 0 Å². The van der Waals surface area contributed by atoms with Crippen LogP contribution in [0.5, 0.6) is 5.75 Å². The van der Waals surface area contributed by atoms with Crippen molar-refractivity contribution in [2.45, 2.75) is 31.7 Å². The maximum atomic E-state index is 12.3. The lowest BCUT2D eigenvalue weighted by atomic mass is 10.0. The molecule has 0 radical (unpaired) electrons. The van der Waals surface area contributed by atoms with Crippen molar-refractivity contribution in [3.8, 4) is 28.1 Å². The second-order valence-corrected chi connectivity index (χ2v) is 9.26. The lowest BCUT2D eigenvalue weighted by Gasteiger charge is -2.22. The highest BCUT2D eigenvalue weighted by molar-refractivity contribution is 6.00. The maximum Gasteiger partial charge on any atom is 0.228 e. The number of carbonyl (C=O) groups excluding carboxylic acids is 1. The topological polar surface area (TPSA) is 96.1 Å². The number of fused-ring (bicyclic) bond motifs is 1. The molecule has 3 aromatic heterocycles. The SMILES string of the molecule is COc1c(-c2cnn(C3CCOCC3)c2)cccc1-c1nn(C)c2cnc(NC(=O)C3CC3)cc12. The number of nitrogens with one attached hydrogen (secondary N) is 1. The first kappa shape index (κ1) is 21.8. The Morgan fingerprint density at radius 2 is 1.94 bits per heavy atom. The molecule has 1 saturated heterocycles. The number of pyridine rings is 1. The third-order valence-corrected chi connectivity index (χ3v) is 6.89. The molecule has 0 bridgehead atoms. The van der Waals surface area contributed by atoms with Gasteiger partial charge in [-0.15, -0.1) is 0 Å². The number of para-hydroxylation sites is 1. The number of aryl methyl sites for hydroxylation is 1. The van der Waals surface area contributed by atoms with Gasteiger partial charge in [-0.2, -0.15) is 10.2 Å². The van der Waals surface area contributed by atoms with E-state index in [1.165, 1.54) is 0 Å². The Morgan fingerprint density at radius 3 is 2.71 bits per heavy atom. The first-order chi connectivity index (χ1) is 17.1. The number of benzene rings is 1. The van der Waals surface area contributed by atoms with Crippen molar-refractivity contribution in [1.82, 2.24) is 24.5 Å². The molecule has 4 heterocycles. The second kappa shape index (κ2) is 8.81. The summed E-state index contributed by atoms with van der Waals surface area (Å²) in [6, 6.07) is 8.31. The van der Waals surface area contributed by atoms with Crippen LogP contribution in [-0.2, 0) is 16.6 Å². The summed E-state index contributed by atoms with van der Waals surface area (Å²) in [6.45, 7) is 1.53. The quantitative estimate of drug-likeness (QED) is 0.452. The van der Waals surface area contributed by atoms with Gasteiger partial charge in [-0.25, -0.2) is 4.98 Å². The summed E-state index contributed by atoms with van der Waals surface area (Å²) in [5.41, 5.74) is 4.49. The average Bonchev–Trinajstić information content (AvgIpc) is 3.54. The zero-order valence-electron chi connectivity index (χ0n) is 19.9. The molecule has 1 N–H and O–H groups in total. The molecule has 2 fully saturated rings. The number of methoxy groups -OCH3 is 1. The Balaban J connectivity index is 1.40. The Kier molecular flexibility index (Phi) is 5.49. The van der Waals surface area contributed by atoms with Gasteiger partial charge in [0.2, 0.25) is 5.91 Å². The minimum Gasteiger partial charge on any atom is -0.495 e. The van der Waals surface area contributed by atoms with Crippen molar-refractivity contribution in [2.75, 3.05) is 25.6 Å². The van der Waals surface area contributed by atoms with E-state index in [-0.39, 0.29) is 11.8 Å². The van der Waals surface area contributed by atoms with Gasteiger partial charge in [0.1, 0.15) is 17.3 Å². The number of hydrogen-bond donors (Lipinski definition) is 1. The highest BCUT2D eigenvalue weighted by Crippen LogP contribution is 2.41. The van der Waals surface area contributed by atoms with E-state index >= 15 is 0 Å². The number of amides is 1. The van der Waals surface area contributed by atoms with Gasteiger partial charge in [0.25, 0.3) is 0 Å². The third-order valence-electron chi connectivity index (χ3n) is 6.89. The highest BCUT2D eigenvalue weighted by atomic mass is 16.5. The Labute approximate surface area is 203 Å². The first-order valence-electron chi connectivity index (χ1n) is 12.1. The highest BCUT2D eigenvalue weighted by Gasteiger charge is 2.30. The van der Waals surface area contributed by atoms with Crippen molar-refractivity contribution in [3.05, 3.63) is 42.9 Å². The van der Waals surface area contributed by atoms with Crippen molar-refractivity contribution in [3.63, 3.8) is 0 Å². The van der Waals surface area contributed by atoms with Crippen molar-refractivity contribution >= 4 is 22.6 Å². The van der Waals surface area contributed by atoms with Gasteiger partial charge in [-0.3, -0.25) is 14.2 Å². The Hall–Kier alpha value is -3.72. The number of rotatable bonds is 6. The van der Waals surface area contributed by atoms with Crippen LogP contribution < -0.4 is 10.1 Å². The molecular formula is C26H28N6O3. The molecule has 4 aromatic rings. The number of ether oxygens (including phenoxy) is 2. The van der Waals surface area contributed by atoms with Crippen LogP contribution in [0.1, 0.15) is 31.7 Å². The van der Waals surface area contributed by atoms with Crippen LogP contribution in [0, 0.1) is 5.92 Å². The lowest BCUT2D eigenvalue weighted by Crippen LogP contribution is -2.19. The standard InChI is InChI=1S/C26H28N6O3/c1-31-22-14-27-23(29-26(33)16-6-7-16)12-21(22)24(30-31)20-5-3-4-19(25(20)34-2)17-13-28-32(15-17)18-8-10-35-11-9-18/h3-5,12-16,18H,6-11H2,1-2H3,(H,27,29,33). The van der Waals surface area contributed by atoms with Crippen LogP contribution in [0.15, 0.2) is 42.9 Å². The molecule has 1 aliphatic carbocycles. The average molecular weight is 473 g/mol. The number of hydrogen-bond acceptors (Lipinski definition) is 6. The van der Waals surface area contributed by atoms with Crippen molar-refractivity contribution < 1.29 is 14.3 Å². The minimum absolute atomic E-state index is 0.0309. The fraction of sp³-hybridized carbons (Fsp3) is 0.385. The fourth-order valence-corrected chi connectivity index (χ4v) is 4.79. The van der Waals surface area contributed by atoms with Crippen molar-refractivity contribution in [2.24, 2.45) is 13.0 Å². The predicted molar refractivity (Wildman–Crippen MR) is 132 cm³/mol. The molecule has 2 aliphatic rings. The monoisotopic (exact) mass is 472 g/mol. The molecule has 180 valence electrons. The Morgan fingerprint density at radius 1 is 1.14 bits per heavy atom. The molecule has 1 saturated carbocycles. The smallest absolute Gasteiger partial charge is 0.228 e. The number of carbonyl (C=O) groups is 1. The maximum absolute atomic E-state index is 12.3. The third kappa shape index (κ3) is 4.05. The van der Waals surface area contributed by atoms with Gasteiger partial charge in [-0.1, -0.05) is 12.1 Å². The van der Waals surface area contributed by atoms with Crippen LogP contribution >= 0.6 is 0 Å². The second-order valence-electron chi connectivity index (χ2n) is 9.26. The largest absolute Gasteiger partial charge is 0.495 e. The Bertz CT molecular complexity index is 1400. The summed E-state index contributed by atoms with van der Waals surface area (Å²) in [4.78, 5) is 16.7. The molecule has 0 atom stereocenters. The van der Waals surface area contributed by atoms with E-state index in [1.54, 1.807) is 18.0 Å². The van der Waals surface area contributed by atoms with Crippen LogP contribution in [0.25, 0.3) is 33.3 Å². The van der Waals surface area contributed by atoms with Crippen molar-refractivity contribution in [1.29, 1.82) is 0 Å². The van der Waals surface area contributed by atoms with E-state index in [0.29, 0.717) is 11.9 Å². The molecule has 1 aliphatic heterocycles. The van der Waals surface area contributed by atoms with Crippen LogP contribution in [0.2, 0.25) is 0 Å². The number of aromatic nitrogens is 5. The zero-order chi connectivity index (χ0) is 23.9. The molecule has 0 unspecified atom stereocenters. The fourth-order valence-electron chi connectivity index (χ4n) is 4.79. The van der Waals surface area contributed by atoms with Crippen LogP contribution in [0.3, 0.4) is 0 Å². The van der Waals surface area contributed by atoms with Gasteiger partial charge in [-0.05, 0) is 37.8 Å². The molecule has 1 amide bonds. The van der Waals surface area contributed by atoms with Gasteiger partial charge < -0.3 is 14.8 Å². The van der Waals surface area contributed by atoms with Gasteiger partial charge in [0, 0.05) is 54.5 Å².